The summed E-state index contributed by atoms with van der Waals surface area (Å²) in [6, 6.07) is 6.37. The number of methoxy groups -OCH3 is 1. The molecule has 1 atom stereocenters. The second kappa shape index (κ2) is 5.42. The summed E-state index contributed by atoms with van der Waals surface area (Å²) in [5, 5.41) is 2.00. The van der Waals surface area contributed by atoms with E-state index in [1.165, 1.54) is 30.6 Å². The predicted molar refractivity (Wildman–Crippen MR) is 83.4 cm³/mol. The third-order valence-corrected chi connectivity index (χ3v) is 6.36. The smallest absolute Gasteiger partial charge is 0.134 e. The molecule has 0 aliphatic heterocycles. The zero-order chi connectivity index (χ0) is 14.3. The van der Waals surface area contributed by atoms with Gasteiger partial charge in [0.1, 0.15) is 17.4 Å². The SMILES string of the molecule is COc1cc(F)c(C(Br)c2cc3sccc3s2)c(F)c1. The summed E-state index contributed by atoms with van der Waals surface area (Å²) < 4.78 is 35.3. The van der Waals surface area contributed by atoms with Crippen molar-refractivity contribution in [1.29, 1.82) is 0 Å². The van der Waals surface area contributed by atoms with Crippen LogP contribution < -0.4 is 4.74 Å². The van der Waals surface area contributed by atoms with Crippen LogP contribution >= 0.6 is 38.6 Å². The Bertz CT molecular complexity index is 714. The van der Waals surface area contributed by atoms with Crippen molar-refractivity contribution in [3.8, 4) is 5.75 Å². The number of thiophene rings is 2. The van der Waals surface area contributed by atoms with Gasteiger partial charge in [0.05, 0.1) is 11.9 Å². The van der Waals surface area contributed by atoms with Gasteiger partial charge in [-0.1, -0.05) is 15.9 Å². The maximum absolute atomic E-state index is 14.1. The topological polar surface area (TPSA) is 9.23 Å². The minimum atomic E-state index is -0.611. The molecule has 0 spiro atoms. The van der Waals surface area contributed by atoms with Gasteiger partial charge in [0.15, 0.2) is 0 Å². The molecule has 2 heterocycles. The Morgan fingerprint density at radius 3 is 2.45 bits per heavy atom. The molecule has 6 heteroatoms. The first-order valence-electron chi connectivity index (χ1n) is 5.74. The van der Waals surface area contributed by atoms with Gasteiger partial charge in [-0.25, -0.2) is 8.78 Å². The van der Waals surface area contributed by atoms with Gasteiger partial charge in [-0.15, -0.1) is 22.7 Å². The Balaban J connectivity index is 2.05. The summed E-state index contributed by atoms with van der Waals surface area (Å²) in [6.45, 7) is 0. The van der Waals surface area contributed by atoms with E-state index in [9.17, 15) is 8.78 Å². The molecule has 0 amide bonds. The van der Waals surface area contributed by atoms with Gasteiger partial charge < -0.3 is 4.74 Å². The fraction of sp³-hybridized carbons (Fsp3) is 0.143. The molecular weight excluding hydrogens is 366 g/mol. The summed E-state index contributed by atoms with van der Waals surface area (Å²) in [5.74, 6) is -1.04. The molecule has 0 fully saturated rings. The largest absolute Gasteiger partial charge is 0.497 e. The lowest BCUT2D eigenvalue weighted by atomic mass is 10.1. The molecule has 0 saturated heterocycles. The number of fused-ring (bicyclic) bond motifs is 1. The summed E-state index contributed by atoms with van der Waals surface area (Å²) in [6.07, 6.45) is 0. The number of halogens is 3. The lowest BCUT2D eigenvalue weighted by Crippen LogP contribution is -2.00. The van der Waals surface area contributed by atoms with E-state index < -0.39 is 16.5 Å². The highest BCUT2D eigenvalue weighted by molar-refractivity contribution is 9.09. The Morgan fingerprint density at radius 2 is 1.85 bits per heavy atom. The first-order valence-corrected chi connectivity index (χ1v) is 8.35. The number of hydrogen-bond acceptors (Lipinski definition) is 3. The molecule has 0 N–H and O–H groups in total. The van der Waals surface area contributed by atoms with Gasteiger partial charge in [0.2, 0.25) is 0 Å². The average Bonchev–Trinajstić information content (AvgIpc) is 2.98. The Hall–Kier alpha value is -0.980. The van der Waals surface area contributed by atoms with Crippen LogP contribution in [-0.2, 0) is 0 Å². The van der Waals surface area contributed by atoms with Crippen LogP contribution in [0.15, 0.2) is 29.6 Å². The molecule has 3 rings (SSSR count). The van der Waals surface area contributed by atoms with Crippen molar-refractivity contribution in [1.82, 2.24) is 0 Å². The number of rotatable bonds is 3. The van der Waals surface area contributed by atoms with Gasteiger partial charge in [-0.05, 0) is 17.5 Å². The second-order valence-corrected chi connectivity index (χ2v) is 7.14. The molecule has 1 unspecified atom stereocenters. The minimum absolute atomic E-state index is 0.0136. The third kappa shape index (κ3) is 2.36. The highest BCUT2D eigenvalue weighted by Gasteiger charge is 2.22. The molecule has 0 bridgehead atoms. The molecule has 2 aromatic heterocycles. The maximum Gasteiger partial charge on any atom is 0.134 e. The third-order valence-electron chi connectivity index (χ3n) is 2.95. The van der Waals surface area contributed by atoms with Crippen molar-refractivity contribution < 1.29 is 13.5 Å². The predicted octanol–water partition coefficient (Wildman–Crippen LogP) is 5.73. The molecule has 20 heavy (non-hydrogen) atoms. The lowest BCUT2D eigenvalue weighted by molar-refractivity contribution is 0.405. The van der Waals surface area contributed by atoms with Crippen LogP contribution in [0, 0.1) is 11.6 Å². The molecule has 104 valence electrons. The van der Waals surface area contributed by atoms with Crippen LogP contribution in [0.25, 0.3) is 9.40 Å². The van der Waals surface area contributed by atoms with Crippen LogP contribution in [0.4, 0.5) is 8.78 Å². The van der Waals surface area contributed by atoms with Crippen LogP contribution in [0.3, 0.4) is 0 Å². The summed E-state index contributed by atoms with van der Waals surface area (Å²) in [5.41, 5.74) is 0.0136. The van der Waals surface area contributed by atoms with Crippen molar-refractivity contribution in [2.24, 2.45) is 0 Å². The zero-order valence-electron chi connectivity index (χ0n) is 10.3. The summed E-state index contributed by atoms with van der Waals surface area (Å²) in [7, 11) is 1.38. The zero-order valence-corrected chi connectivity index (χ0v) is 13.5. The summed E-state index contributed by atoms with van der Waals surface area (Å²) in [4.78, 5) is 0.382. The molecule has 0 aliphatic carbocycles. The van der Waals surface area contributed by atoms with Gasteiger partial charge in [0, 0.05) is 32.0 Å². The maximum atomic E-state index is 14.1. The van der Waals surface area contributed by atoms with E-state index in [1.807, 2.05) is 17.5 Å². The fourth-order valence-corrected chi connectivity index (χ4v) is 4.93. The average molecular weight is 375 g/mol. The standard InChI is InChI=1S/C14H9BrF2OS2/c1-18-7-4-8(16)13(9(17)5-7)14(15)12-6-11-10(20-12)2-3-19-11/h2-6,14H,1H3. The second-order valence-electron chi connectivity index (χ2n) is 4.17. The Morgan fingerprint density at radius 1 is 1.15 bits per heavy atom. The fourth-order valence-electron chi connectivity index (χ4n) is 1.97. The van der Waals surface area contributed by atoms with E-state index in [1.54, 1.807) is 11.3 Å². The first-order chi connectivity index (χ1) is 9.60. The highest BCUT2D eigenvalue weighted by atomic mass is 79.9. The molecule has 1 aromatic carbocycles. The van der Waals surface area contributed by atoms with Crippen LogP contribution in [0.5, 0.6) is 5.75 Å². The van der Waals surface area contributed by atoms with Crippen molar-refractivity contribution in [3.63, 3.8) is 0 Å². The molecule has 0 radical (unpaired) electrons. The Labute approximate surface area is 130 Å². The van der Waals surface area contributed by atoms with E-state index in [0.29, 0.717) is 0 Å². The number of hydrogen-bond donors (Lipinski definition) is 0. The summed E-state index contributed by atoms with van der Waals surface area (Å²) >= 11 is 6.55. The van der Waals surface area contributed by atoms with Gasteiger partial charge in [0.25, 0.3) is 0 Å². The van der Waals surface area contributed by atoms with Gasteiger partial charge in [-0.2, -0.15) is 0 Å². The van der Waals surface area contributed by atoms with Crippen LogP contribution in [0.2, 0.25) is 0 Å². The monoisotopic (exact) mass is 374 g/mol. The molecule has 0 saturated carbocycles. The Kier molecular flexibility index (Phi) is 3.79. The van der Waals surface area contributed by atoms with Crippen molar-refractivity contribution in [3.05, 3.63) is 51.7 Å². The minimum Gasteiger partial charge on any atom is -0.497 e. The number of ether oxygens (including phenoxy) is 1. The van der Waals surface area contributed by atoms with Gasteiger partial charge >= 0.3 is 0 Å². The molecule has 0 aliphatic rings. The molecular formula is C14H9BrF2OS2. The van der Waals surface area contributed by atoms with E-state index >= 15 is 0 Å². The quantitative estimate of drug-likeness (QED) is 0.531. The van der Waals surface area contributed by atoms with Crippen LogP contribution in [0.1, 0.15) is 15.3 Å². The van der Waals surface area contributed by atoms with Gasteiger partial charge in [-0.3, -0.25) is 0 Å². The van der Waals surface area contributed by atoms with E-state index in [-0.39, 0.29) is 11.3 Å². The van der Waals surface area contributed by atoms with Crippen molar-refractivity contribution >= 4 is 48.0 Å². The van der Waals surface area contributed by atoms with Crippen molar-refractivity contribution in [2.75, 3.05) is 7.11 Å². The van der Waals surface area contributed by atoms with Crippen LogP contribution in [-0.4, -0.2) is 7.11 Å². The lowest BCUT2D eigenvalue weighted by Gasteiger charge is -2.12. The van der Waals surface area contributed by atoms with Crippen molar-refractivity contribution in [2.45, 2.75) is 4.83 Å². The highest BCUT2D eigenvalue weighted by Crippen LogP contribution is 2.42. The molecule has 3 aromatic rings. The van der Waals surface area contributed by atoms with E-state index in [4.69, 9.17) is 4.74 Å². The van der Waals surface area contributed by atoms with E-state index in [2.05, 4.69) is 15.9 Å². The normalized spacial score (nSPS) is 12.8. The number of benzene rings is 1. The first kappa shape index (κ1) is 14.0. The van der Waals surface area contributed by atoms with E-state index in [0.717, 1.165) is 14.3 Å². The number of alkyl halides is 1. The molecule has 1 nitrogen and oxygen atoms in total.